The van der Waals surface area contributed by atoms with Gasteiger partial charge < -0.3 is 30.1 Å². The van der Waals surface area contributed by atoms with Gasteiger partial charge in [0, 0.05) is 0 Å². The van der Waals surface area contributed by atoms with Crippen LogP contribution in [0, 0.1) is 0 Å². The third-order valence-corrected chi connectivity index (χ3v) is 5.83. The zero-order valence-electron chi connectivity index (χ0n) is 18.7. The number of aliphatic hydroxyl groups excluding tert-OH is 4. The largest absolute Gasteiger partial charge is 0.474 e. The molecule has 31 heavy (non-hydrogen) atoms. The van der Waals surface area contributed by atoms with E-state index >= 15 is 0 Å². The van der Waals surface area contributed by atoms with Gasteiger partial charge in [0.05, 0.1) is 13.2 Å². The molecule has 180 valence electrons. The van der Waals surface area contributed by atoms with Crippen molar-refractivity contribution in [3.05, 3.63) is 34.9 Å². The number of hydrogen-bond acceptors (Lipinski definition) is 8. The molecule has 0 spiro atoms. The second kappa shape index (κ2) is 13.6. The lowest BCUT2D eigenvalue weighted by molar-refractivity contribution is -0.281. The van der Waals surface area contributed by atoms with Crippen molar-refractivity contribution in [1.82, 2.24) is 0 Å². The van der Waals surface area contributed by atoms with Crippen molar-refractivity contribution < 1.29 is 43.7 Å². The van der Waals surface area contributed by atoms with Crippen molar-refractivity contribution in [1.29, 1.82) is 0 Å². The predicted octanol–water partition coefficient (Wildman–Crippen LogP) is 2.34. The van der Waals surface area contributed by atoms with Crippen LogP contribution in [-0.2, 0) is 18.3 Å². The summed E-state index contributed by atoms with van der Waals surface area (Å²) in [4.78, 5) is 9.85. The van der Waals surface area contributed by atoms with Gasteiger partial charge in [-0.25, -0.2) is 4.57 Å². The SMILES string of the molecule is CC(C)=CCC/C(C)=C/CC/C(C)=C/COP(=O)(O)O[C@@H]1O[C@H](CO)[C@@H](O)[C@H](O)[C@@H]1O. The Kier molecular flexibility index (Phi) is 12.4. The highest BCUT2D eigenvalue weighted by molar-refractivity contribution is 7.47. The van der Waals surface area contributed by atoms with Gasteiger partial charge in [-0.15, -0.1) is 0 Å². The van der Waals surface area contributed by atoms with E-state index in [1.54, 1.807) is 6.08 Å². The average molecular weight is 464 g/mol. The topological polar surface area (TPSA) is 146 Å². The van der Waals surface area contributed by atoms with Crippen LogP contribution >= 0.6 is 7.82 Å². The van der Waals surface area contributed by atoms with Crippen LogP contribution in [0.15, 0.2) is 34.9 Å². The number of hydrogen-bond donors (Lipinski definition) is 5. The molecule has 0 aromatic rings. The third kappa shape index (κ3) is 10.5. The molecule has 1 saturated heterocycles. The van der Waals surface area contributed by atoms with E-state index < -0.39 is 45.1 Å². The molecule has 5 N–H and O–H groups in total. The summed E-state index contributed by atoms with van der Waals surface area (Å²) in [6.45, 7) is 7.27. The summed E-state index contributed by atoms with van der Waals surface area (Å²) in [7, 11) is -4.62. The Morgan fingerprint density at radius 3 is 2.10 bits per heavy atom. The summed E-state index contributed by atoms with van der Waals surface area (Å²) >= 11 is 0. The number of phosphoric ester groups is 1. The van der Waals surface area contributed by atoms with Gasteiger partial charge in [-0.05, 0) is 53.4 Å². The van der Waals surface area contributed by atoms with Crippen LogP contribution in [0.3, 0.4) is 0 Å². The first kappa shape index (κ1) is 28.2. The zero-order valence-corrected chi connectivity index (χ0v) is 19.6. The molecule has 1 rings (SSSR count). The molecule has 0 aromatic carbocycles. The highest BCUT2D eigenvalue weighted by Gasteiger charge is 2.46. The number of rotatable bonds is 12. The molecule has 1 heterocycles. The molecule has 0 radical (unpaired) electrons. The number of aliphatic hydroxyl groups is 4. The summed E-state index contributed by atoms with van der Waals surface area (Å²) in [5.74, 6) is 0. The fraction of sp³-hybridized carbons (Fsp3) is 0.714. The minimum Gasteiger partial charge on any atom is -0.394 e. The molecule has 1 aliphatic rings. The zero-order chi connectivity index (χ0) is 23.6. The van der Waals surface area contributed by atoms with Crippen LogP contribution in [0.25, 0.3) is 0 Å². The number of phosphoric acid groups is 1. The third-order valence-electron chi connectivity index (χ3n) is 4.88. The normalized spacial score (nSPS) is 29.5. The Morgan fingerprint density at radius 2 is 1.52 bits per heavy atom. The van der Waals surface area contributed by atoms with Gasteiger partial charge in [-0.1, -0.05) is 34.9 Å². The molecule has 9 nitrogen and oxygen atoms in total. The van der Waals surface area contributed by atoms with E-state index in [0.29, 0.717) is 0 Å². The number of ether oxygens (including phenoxy) is 1. The summed E-state index contributed by atoms with van der Waals surface area (Å²) in [5.41, 5.74) is 3.60. The molecule has 0 aromatic heterocycles. The Balaban J connectivity index is 2.46. The molecule has 10 heteroatoms. The van der Waals surface area contributed by atoms with Gasteiger partial charge in [0.2, 0.25) is 0 Å². The van der Waals surface area contributed by atoms with E-state index in [2.05, 4.69) is 32.9 Å². The molecule has 1 fully saturated rings. The fourth-order valence-corrected chi connectivity index (χ4v) is 3.69. The van der Waals surface area contributed by atoms with E-state index in [1.165, 1.54) is 11.1 Å². The maximum Gasteiger partial charge on any atom is 0.474 e. The van der Waals surface area contributed by atoms with Crippen LogP contribution in [0.5, 0.6) is 0 Å². The highest BCUT2D eigenvalue weighted by atomic mass is 31.2. The fourth-order valence-electron chi connectivity index (χ4n) is 2.93. The van der Waals surface area contributed by atoms with Gasteiger partial charge in [-0.3, -0.25) is 9.05 Å². The first-order valence-electron chi connectivity index (χ1n) is 10.4. The van der Waals surface area contributed by atoms with Crippen LogP contribution in [0.4, 0.5) is 0 Å². The first-order chi connectivity index (χ1) is 14.5. The molecule has 0 amide bonds. The lowest BCUT2D eigenvalue weighted by Gasteiger charge is -2.39. The lowest BCUT2D eigenvalue weighted by Crippen LogP contribution is -2.58. The first-order valence-corrected chi connectivity index (χ1v) is 11.9. The molecular formula is C21H37O9P. The van der Waals surface area contributed by atoms with E-state index in [-0.39, 0.29) is 6.61 Å². The molecule has 1 unspecified atom stereocenters. The van der Waals surface area contributed by atoms with Crippen molar-refractivity contribution in [2.45, 2.75) is 84.1 Å². The van der Waals surface area contributed by atoms with Crippen LogP contribution in [-0.4, -0.2) is 69.2 Å². The van der Waals surface area contributed by atoms with E-state index in [4.69, 9.17) is 18.9 Å². The molecule has 0 saturated carbocycles. The van der Waals surface area contributed by atoms with Crippen LogP contribution in [0.1, 0.15) is 53.4 Å². The van der Waals surface area contributed by atoms with Crippen LogP contribution < -0.4 is 0 Å². The predicted molar refractivity (Wildman–Crippen MR) is 116 cm³/mol. The average Bonchev–Trinajstić information content (AvgIpc) is 2.67. The maximum atomic E-state index is 12.1. The minimum atomic E-state index is -4.62. The van der Waals surface area contributed by atoms with E-state index in [9.17, 15) is 24.8 Å². The van der Waals surface area contributed by atoms with E-state index in [1.807, 2.05) is 6.92 Å². The van der Waals surface area contributed by atoms with Crippen molar-refractivity contribution in [2.24, 2.45) is 0 Å². The molecule has 6 atom stereocenters. The molecule has 1 aliphatic heterocycles. The Bertz CT molecular complexity index is 682. The molecular weight excluding hydrogens is 427 g/mol. The second-order valence-corrected chi connectivity index (χ2v) is 9.43. The van der Waals surface area contributed by atoms with Crippen molar-refractivity contribution >= 4 is 7.82 Å². The smallest absolute Gasteiger partial charge is 0.394 e. The summed E-state index contributed by atoms with van der Waals surface area (Å²) in [6, 6.07) is 0. The van der Waals surface area contributed by atoms with Crippen molar-refractivity contribution in [2.75, 3.05) is 13.2 Å². The highest BCUT2D eigenvalue weighted by Crippen LogP contribution is 2.46. The summed E-state index contributed by atoms with van der Waals surface area (Å²) in [6.07, 6.45) is 1.62. The van der Waals surface area contributed by atoms with Crippen LogP contribution in [0.2, 0.25) is 0 Å². The quantitative estimate of drug-likeness (QED) is 0.217. The maximum absolute atomic E-state index is 12.1. The van der Waals surface area contributed by atoms with Gasteiger partial charge >= 0.3 is 7.82 Å². The number of allylic oxidation sites excluding steroid dienone is 5. The summed E-state index contributed by atoms with van der Waals surface area (Å²) < 4.78 is 26.8. The Labute approximate surface area is 184 Å². The molecule has 0 bridgehead atoms. The van der Waals surface area contributed by atoms with Crippen molar-refractivity contribution in [3.63, 3.8) is 0 Å². The van der Waals surface area contributed by atoms with Gasteiger partial charge in [0.1, 0.15) is 24.4 Å². The van der Waals surface area contributed by atoms with Gasteiger partial charge in [-0.2, -0.15) is 0 Å². The van der Waals surface area contributed by atoms with Crippen molar-refractivity contribution in [3.8, 4) is 0 Å². The molecule has 0 aliphatic carbocycles. The Hall–Kier alpha value is -0.870. The monoisotopic (exact) mass is 464 g/mol. The summed E-state index contributed by atoms with van der Waals surface area (Å²) in [5, 5.41) is 38.4. The Morgan fingerprint density at radius 1 is 0.935 bits per heavy atom. The second-order valence-electron chi connectivity index (χ2n) is 8.03. The van der Waals surface area contributed by atoms with E-state index in [0.717, 1.165) is 31.3 Å². The van der Waals surface area contributed by atoms with Gasteiger partial charge in [0.15, 0.2) is 6.29 Å². The lowest BCUT2D eigenvalue weighted by atomic mass is 10.00. The van der Waals surface area contributed by atoms with Gasteiger partial charge in [0.25, 0.3) is 0 Å². The minimum absolute atomic E-state index is 0.194. The standard InChI is InChI=1S/C21H37O9P/c1-14(2)7-5-8-15(3)9-6-10-16(4)11-12-28-31(26,27)30-21-20(25)19(24)18(23)17(13-22)29-21/h7,9,11,17-25H,5-6,8,10,12-13H2,1-4H3,(H,26,27)/b15-9+,16-11+/t17-,18-,19+,20+,21+/m1/s1.